The first-order valence-electron chi connectivity index (χ1n) is 8.99. The summed E-state index contributed by atoms with van der Waals surface area (Å²) in [4.78, 5) is 38.6. The molecular weight excluding hydrogens is 356 g/mol. The summed E-state index contributed by atoms with van der Waals surface area (Å²) < 4.78 is 10.6. The molecular formula is C18H24N2O5S. The van der Waals surface area contributed by atoms with Crippen LogP contribution in [0, 0.1) is 5.92 Å². The fourth-order valence-electron chi connectivity index (χ4n) is 3.60. The van der Waals surface area contributed by atoms with E-state index in [1.807, 2.05) is 4.90 Å². The Kier molecular flexibility index (Phi) is 6.39. The molecule has 1 saturated carbocycles. The van der Waals surface area contributed by atoms with E-state index in [9.17, 15) is 14.4 Å². The summed E-state index contributed by atoms with van der Waals surface area (Å²) in [5.41, 5.74) is 0.370. The van der Waals surface area contributed by atoms with Gasteiger partial charge in [-0.3, -0.25) is 14.5 Å². The number of carbonyl (C=O) groups excluding carboxylic acids is 3. The molecule has 0 unspecified atom stereocenters. The molecule has 0 bridgehead atoms. The topological polar surface area (TPSA) is 84.9 Å². The number of morpholine rings is 1. The lowest BCUT2D eigenvalue weighted by Crippen LogP contribution is -2.52. The Morgan fingerprint density at radius 2 is 2.31 bits per heavy atom. The average Bonchev–Trinajstić information content (AvgIpc) is 3.24. The van der Waals surface area contributed by atoms with Crippen LogP contribution in [0.4, 0.5) is 5.00 Å². The standard InChI is InChI=1S/C18H24N2O5S/c1-2-25-18(23)13-6-9-26-17(13)19-16(22)10-20-7-8-24-11-14(20)12-4-3-5-15(12)21/h6,9,12,14H,2-5,7-8,10-11H2,1H3,(H,19,22)/t12-,14-/m1/s1. The molecule has 26 heavy (non-hydrogen) atoms. The molecule has 142 valence electrons. The zero-order valence-corrected chi connectivity index (χ0v) is 15.7. The molecule has 8 heteroatoms. The van der Waals surface area contributed by atoms with Crippen molar-refractivity contribution < 1.29 is 23.9 Å². The highest BCUT2D eigenvalue weighted by atomic mass is 32.1. The predicted octanol–water partition coefficient (Wildman–Crippen LogP) is 1.93. The van der Waals surface area contributed by atoms with Gasteiger partial charge in [0, 0.05) is 24.9 Å². The summed E-state index contributed by atoms with van der Waals surface area (Å²) in [5, 5.41) is 5.05. The number of anilines is 1. The van der Waals surface area contributed by atoms with Crippen LogP contribution in [-0.2, 0) is 19.1 Å². The third-order valence-electron chi connectivity index (χ3n) is 4.86. The zero-order valence-electron chi connectivity index (χ0n) is 14.9. The van der Waals surface area contributed by atoms with Crippen LogP contribution in [0.15, 0.2) is 11.4 Å². The fraction of sp³-hybridized carbons (Fsp3) is 0.611. The second-order valence-corrected chi connectivity index (χ2v) is 7.43. The van der Waals surface area contributed by atoms with Gasteiger partial charge in [0.05, 0.1) is 31.9 Å². The van der Waals surface area contributed by atoms with Gasteiger partial charge in [-0.2, -0.15) is 0 Å². The molecule has 0 radical (unpaired) electrons. The number of ketones is 1. The minimum atomic E-state index is -0.440. The van der Waals surface area contributed by atoms with Crippen LogP contribution < -0.4 is 5.32 Å². The van der Waals surface area contributed by atoms with Gasteiger partial charge in [-0.1, -0.05) is 0 Å². The van der Waals surface area contributed by atoms with Crippen molar-refractivity contribution in [1.82, 2.24) is 4.90 Å². The van der Waals surface area contributed by atoms with Crippen LogP contribution in [0.1, 0.15) is 36.5 Å². The molecule has 1 N–H and O–H groups in total. The van der Waals surface area contributed by atoms with Crippen LogP contribution in [-0.4, -0.2) is 61.5 Å². The van der Waals surface area contributed by atoms with Gasteiger partial charge in [-0.15, -0.1) is 11.3 Å². The Bertz CT molecular complexity index is 674. The fourth-order valence-corrected chi connectivity index (χ4v) is 4.39. The second kappa shape index (κ2) is 8.75. The Morgan fingerprint density at radius 1 is 1.46 bits per heavy atom. The summed E-state index contributed by atoms with van der Waals surface area (Å²) >= 11 is 1.29. The van der Waals surface area contributed by atoms with Crippen molar-refractivity contribution in [2.75, 3.05) is 38.2 Å². The van der Waals surface area contributed by atoms with Gasteiger partial charge in [0.1, 0.15) is 10.8 Å². The monoisotopic (exact) mass is 380 g/mol. The average molecular weight is 380 g/mol. The highest BCUT2D eigenvalue weighted by molar-refractivity contribution is 7.14. The molecule has 0 spiro atoms. The van der Waals surface area contributed by atoms with Crippen LogP contribution in [0.3, 0.4) is 0 Å². The molecule has 1 saturated heterocycles. The van der Waals surface area contributed by atoms with E-state index in [-0.39, 0.29) is 36.8 Å². The van der Waals surface area contributed by atoms with E-state index < -0.39 is 5.97 Å². The highest BCUT2D eigenvalue weighted by Crippen LogP contribution is 2.29. The third kappa shape index (κ3) is 4.31. The number of nitrogens with zero attached hydrogens (tertiary/aromatic N) is 1. The van der Waals surface area contributed by atoms with Gasteiger partial charge in [-0.05, 0) is 31.2 Å². The molecule has 3 rings (SSSR count). The lowest BCUT2D eigenvalue weighted by atomic mass is 9.95. The van der Waals surface area contributed by atoms with E-state index in [1.54, 1.807) is 18.4 Å². The van der Waals surface area contributed by atoms with Crippen molar-refractivity contribution in [3.8, 4) is 0 Å². The Hall–Kier alpha value is -1.77. The van der Waals surface area contributed by atoms with Crippen molar-refractivity contribution >= 4 is 34.0 Å². The number of ether oxygens (including phenoxy) is 2. The van der Waals surface area contributed by atoms with Gasteiger partial charge in [0.25, 0.3) is 0 Å². The first-order chi connectivity index (χ1) is 12.6. The summed E-state index contributed by atoms with van der Waals surface area (Å²) in [7, 11) is 0. The summed E-state index contributed by atoms with van der Waals surface area (Å²) in [6.45, 7) is 3.86. The number of esters is 1. The second-order valence-electron chi connectivity index (χ2n) is 6.51. The molecule has 2 aliphatic rings. The number of hydrogen-bond acceptors (Lipinski definition) is 7. The largest absolute Gasteiger partial charge is 0.462 e. The predicted molar refractivity (Wildman–Crippen MR) is 97.4 cm³/mol. The number of thiophene rings is 1. The summed E-state index contributed by atoms with van der Waals surface area (Å²) in [6.07, 6.45) is 2.40. The number of Topliss-reactive ketones (excluding diaryl/α,β-unsaturated/α-hetero) is 1. The van der Waals surface area contributed by atoms with E-state index in [4.69, 9.17) is 9.47 Å². The molecule has 1 aliphatic heterocycles. The SMILES string of the molecule is CCOC(=O)c1ccsc1NC(=O)CN1CCOC[C@@H]1[C@H]1CCCC1=O. The lowest BCUT2D eigenvalue weighted by Gasteiger charge is -2.37. The van der Waals surface area contributed by atoms with Crippen LogP contribution in [0.25, 0.3) is 0 Å². The highest BCUT2D eigenvalue weighted by Gasteiger charge is 2.38. The van der Waals surface area contributed by atoms with E-state index in [2.05, 4.69) is 5.32 Å². The number of nitrogens with one attached hydrogen (secondary N) is 1. The molecule has 1 aromatic heterocycles. The molecule has 0 aromatic carbocycles. The van der Waals surface area contributed by atoms with E-state index >= 15 is 0 Å². The van der Waals surface area contributed by atoms with Crippen molar-refractivity contribution in [2.24, 2.45) is 5.92 Å². The zero-order chi connectivity index (χ0) is 18.5. The number of hydrogen-bond donors (Lipinski definition) is 1. The summed E-state index contributed by atoms with van der Waals surface area (Å²) in [5.74, 6) is -0.408. The number of amides is 1. The van der Waals surface area contributed by atoms with Crippen LogP contribution in [0.5, 0.6) is 0 Å². The van der Waals surface area contributed by atoms with E-state index in [1.165, 1.54) is 11.3 Å². The third-order valence-corrected chi connectivity index (χ3v) is 5.69. The first kappa shape index (κ1) is 19.0. The molecule has 2 heterocycles. The number of carbonyl (C=O) groups is 3. The molecule has 2 fully saturated rings. The lowest BCUT2D eigenvalue weighted by molar-refractivity contribution is -0.128. The van der Waals surface area contributed by atoms with Gasteiger partial charge in [0.15, 0.2) is 0 Å². The van der Waals surface area contributed by atoms with Crippen molar-refractivity contribution in [1.29, 1.82) is 0 Å². The smallest absolute Gasteiger partial charge is 0.341 e. The quantitative estimate of drug-likeness (QED) is 0.759. The van der Waals surface area contributed by atoms with Gasteiger partial charge in [-0.25, -0.2) is 4.79 Å². The molecule has 2 atom stereocenters. The van der Waals surface area contributed by atoms with Gasteiger partial charge >= 0.3 is 5.97 Å². The Balaban J connectivity index is 1.62. The normalized spacial score (nSPS) is 23.8. The van der Waals surface area contributed by atoms with Crippen LogP contribution >= 0.6 is 11.3 Å². The van der Waals surface area contributed by atoms with Crippen molar-refractivity contribution in [3.63, 3.8) is 0 Å². The van der Waals surface area contributed by atoms with Gasteiger partial charge in [0.2, 0.25) is 5.91 Å². The van der Waals surface area contributed by atoms with Crippen molar-refractivity contribution in [3.05, 3.63) is 17.0 Å². The molecule has 1 amide bonds. The maximum Gasteiger partial charge on any atom is 0.341 e. The van der Waals surface area contributed by atoms with Gasteiger partial charge < -0.3 is 14.8 Å². The van der Waals surface area contributed by atoms with E-state index in [0.29, 0.717) is 36.7 Å². The maximum absolute atomic E-state index is 12.5. The Morgan fingerprint density at radius 3 is 3.04 bits per heavy atom. The minimum absolute atomic E-state index is 0.0417. The minimum Gasteiger partial charge on any atom is -0.462 e. The molecule has 1 aromatic rings. The van der Waals surface area contributed by atoms with Crippen molar-refractivity contribution in [2.45, 2.75) is 32.2 Å². The first-order valence-corrected chi connectivity index (χ1v) is 9.87. The summed E-state index contributed by atoms with van der Waals surface area (Å²) in [6, 6.07) is 1.60. The molecule has 1 aliphatic carbocycles. The number of rotatable bonds is 6. The van der Waals surface area contributed by atoms with Crippen LogP contribution in [0.2, 0.25) is 0 Å². The van der Waals surface area contributed by atoms with E-state index in [0.717, 1.165) is 12.8 Å². The maximum atomic E-state index is 12.5. The Labute approximate surface area is 156 Å². The molecule has 7 nitrogen and oxygen atoms in total.